The lowest BCUT2D eigenvalue weighted by molar-refractivity contribution is -0.122. The molecule has 8 heteroatoms. The molecule has 0 unspecified atom stereocenters. The molecule has 2 N–H and O–H groups in total. The zero-order chi connectivity index (χ0) is 18.1. The molecule has 26 heavy (non-hydrogen) atoms. The molecule has 4 rings (SSSR count). The van der Waals surface area contributed by atoms with Crippen LogP contribution in [0.5, 0.6) is 0 Å². The molecule has 7 nitrogen and oxygen atoms in total. The number of hydrazone groups is 1. The minimum atomic E-state index is -0.208. The Bertz CT molecular complexity index is 1060. The van der Waals surface area contributed by atoms with Crippen molar-refractivity contribution in [3.63, 3.8) is 0 Å². The van der Waals surface area contributed by atoms with Gasteiger partial charge in [-0.25, -0.2) is 0 Å². The molecular weight excluding hydrogens is 348 g/mol. The quantitative estimate of drug-likeness (QED) is 0.665. The van der Waals surface area contributed by atoms with E-state index in [4.69, 9.17) is 5.84 Å². The third-order valence-electron chi connectivity index (χ3n) is 4.20. The van der Waals surface area contributed by atoms with Crippen LogP contribution in [0.25, 0.3) is 5.57 Å². The Kier molecular flexibility index (Phi) is 3.91. The van der Waals surface area contributed by atoms with Gasteiger partial charge in [-0.1, -0.05) is 35.6 Å². The largest absolute Gasteiger partial charge is 0.323 e. The molecular formula is C18H12N6OS. The maximum atomic E-state index is 13.2. The molecule has 1 aromatic carbocycles. The summed E-state index contributed by atoms with van der Waals surface area (Å²) in [4.78, 5) is 14.8. The second kappa shape index (κ2) is 6.38. The van der Waals surface area contributed by atoms with Gasteiger partial charge >= 0.3 is 0 Å². The van der Waals surface area contributed by atoms with Crippen molar-refractivity contribution in [2.75, 3.05) is 0 Å². The van der Waals surface area contributed by atoms with E-state index in [9.17, 15) is 10.1 Å². The van der Waals surface area contributed by atoms with Crippen molar-refractivity contribution < 1.29 is 4.79 Å². The molecule has 1 amide bonds. The van der Waals surface area contributed by atoms with Gasteiger partial charge in [-0.05, 0) is 23.8 Å². The Balaban J connectivity index is 1.83. The van der Waals surface area contributed by atoms with Crippen LogP contribution in [0.2, 0.25) is 0 Å². The van der Waals surface area contributed by atoms with Crippen LogP contribution in [0, 0.1) is 11.3 Å². The summed E-state index contributed by atoms with van der Waals surface area (Å²) in [5.74, 6) is 5.33. The number of aromatic nitrogens is 2. The zero-order valence-electron chi connectivity index (χ0n) is 13.5. The number of amides is 1. The van der Waals surface area contributed by atoms with Crippen LogP contribution in [0.3, 0.4) is 0 Å². The molecule has 0 atom stereocenters. The van der Waals surface area contributed by atoms with E-state index in [1.165, 1.54) is 11.3 Å². The molecule has 2 heterocycles. The minimum absolute atomic E-state index is 0.208. The molecule has 1 aromatic heterocycles. The average molecular weight is 360 g/mol. The number of nitrogens with zero attached hydrogens (tertiary/aromatic N) is 5. The van der Waals surface area contributed by atoms with Crippen molar-refractivity contribution in [1.29, 1.82) is 5.26 Å². The number of fused-ring (bicyclic) bond motifs is 1. The fraction of sp³-hybridized carbons (Fsp3) is 0.0556. The lowest BCUT2D eigenvalue weighted by Crippen LogP contribution is -2.26. The molecule has 1 aliphatic heterocycles. The molecule has 1 aliphatic carbocycles. The molecule has 2 aliphatic rings. The maximum Gasteiger partial charge on any atom is 0.262 e. The topological polar surface area (TPSA) is 108 Å². The highest BCUT2D eigenvalue weighted by Crippen LogP contribution is 2.39. The van der Waals surface area contributed by atoms with Crippen LogP contribution >= 0.6 is 11.3 Å². The first-order valence-corrected chi connectivity index (χ1v) is 8.60. The van der Waals surface area contributed by atoms with E-state index in [-0.39, 0.29) is 12.5 Å². The van der Waals surface area contributed by atoms with Gasteiger partial charge in [0.1, 0.15) is 5.51 Å². The van der Waals surface area contributed by atoms with Gasteiger partial charge in [0.05, 0.1) is 35.2 Å². The van der Waals surface area contributed by atoms with Gasteiger partial charge in [0.2, 0.25) is 0 Å². The predicted octanol–water partition coefficient (Wildman–Crippen LogP) is 1.97. The highest BCUT2D eigenvalue weighted by molar-refractivity contribution is 7.10. The Morgan fingerprint density at radius 3 is 2.88 bits per heavy atom. The van der Waals surface area contributed by atoms with Gasteiger partial charge in [0, 0.05) is 5.57 Å². The standard InChI is InChI=1S/C18H12N6OS/c19-8-11-4-1-2-5-12(11)9-24-14-7-3-6-13(22-20)15(14)16(18(24)25)17-23-21-10-26-17/h1-7,10H,9,20H2. The molecule has 126 valence electrons. The molecule has 0 radical (unpaired) electrons. The van der Waals surface area contributed by atoms with Gasteiger partial charge in [-0.15, -0.1) is 10.2 Å². The summed E-state index contributed by atoms with van der Waals surface area (Å²) in [5.41, 5.74) is 5.16. The smallest absolute Gasteiger partial charge is 0.262 e. The van der Waals surface area contributed by atoms with Crippen LogP contribution in [-0.2, 0) is 11.3 Å². The highest BCUT2D eigenvalue weighted by atomic mass is 32.1. The SMILES string of the molecule is N#Cc1ccccc1CN1C(=O)C(c2nncs2)=C2C1=CC=CC2=NN. The maximum absolute atomic E-state index is 13.2. The van der Waals surface area contributed by atoms with Gasteiger partial charge in [-0.2, -0.15) is 10.4 Å². The number of carbonyl (C=O) groups excluding carboxylic acids is 1. The molecule has 0 bridgehead atoms. The zero-order valence-corrected chi connectivity index (χ0v) is 14.3. The third kappa shape index (κ3) is 2.42. The second-order valence-electron chi connectivity index (χ2n) is 5.58. The minimum Gasteiger partial charge on any atom is -0.323 e. The Labute approximate surface area is 153 Å². The molecule has 2 aromatic rings. The first-order chi connectivity index (χ1) is 12.7. The Hall–Kier alpha value is -3.57. The summed E-state index contributed by atoms with van der Waals surface area (Å²) in [7, 11) is 0. The number of nitrogens with two attached hydrogens (primary N) is 1. The van der Waals surface area contributed by atoms with Crippen LogP contribution < -0.4 is 5.84 Å². The van der Waals surface area contributed by atoms with E-state index in [1.807, 2.05) is 18.2 Å². The summed E-state index contributed by atoms with van der Waals surface area (Å²) in [6.07, 6.45) is 5.38. The van der Waals surface area contributed by atoms with E-state index in [1.54, 1.807) is 34.7 Å². The number of carbonyl (C=O) groups is 1. The van der Waals surface area contributed by atoms with E-state index in [0.717, 1.165) is 5.56 Å². The number of rotatable bonds is 3. The van der Waals surface area contributed by atoms with Crippen molar-refractivity contribution >= 4 is 28.5 Å². The van der Waals surface area contributed by atoms with Gasteiger partial charge in [-0.3, -0.25) is 4.79 Å². The highest BCUT2D eigenvalue weighted by Gasteiger charge is 2.39. The third-order valence-corrected chi connectivity index (χ3v) is 4.91. The summed E-state index contributed by atoms with van der Waals surface area (Å²) in [6.45, 7) is 0.270. The predicted molar refractivity (Wildman–Crippen MR) is 97.4 cm³/mol. The van der Waals surface area contributed by atoms with Crippen molar-refractivity contribution in [3.8, 4) is 6.07 Å². The number of benzene rings is 1. The molecule has 0 saturated carbocycles. The lowest BCUT2D eigenvalue weighted by Gasteiger charge is -2.21. The monoisotopic (exact) mass is 360 g/mol. The van der Waals surface area contributed by atoms with Gasteiger partial charge in [0.25, 0.3) is 5.91 Å². The molecule has 0 fully saturated rings. The normalized spacial score (nSPS) is 17.5. The number of allylic oxidation sites excluding steroid dienone is 4. The molecule has 0 saturated heterocycles. The number of nitriles is 1. The Morgan fingerprint density at radius 1 is 1.31 bits per heavy atom. The van der Waals surface area contributed by atoms with Crippen LogP contribution in [0.4, 0.5) is 0 Å². The second-order valence-corrected chi connectivity index (χ2v) is 6.41. The first kappa shape index (κ1) is 15.9. The summed E-state index contributed by atoms with van der Waals surface area (Å²) in [5, 5.41) is 21.5. The lowest BCUT2D eigenvalue weighted by atomic mass is 9.99. The van der Waals surface area contributed by atoms with Crippen molar-refractivity contribution in [2.45, 2.75) is 6.54 Å². The fourth-order valence-corrected chi connectivity index (χ4v) is 3.64. The van der Waals surface area contributed by atoms with E-state index >= 15 is 0 Å². The van der Waals surface area contributed by atoms with E-state index < -0.39 is 0 Å². The van der Waals surface area contributed by atoms with Gasteiger partial charge in [0.15, 0.2) is 5.01 Å². The summed E-state index contributed by atoms with van der Waals surface area (Å²) >= 11 is 1.28. The van der Waals surface area contributed by atoms with Crippen molar-refractivity contribution in [2.24, 2.45) is 10.9 Å². The number of hydrogen-bond acceptors (Lipinski definition) is 7. The van der Waals surface area contributed by atoms with E-state index in [0.29, 0.717) is 33.1 Å². The summed E-state index contributed by atoms with van der Waals surface area (Å²) < 4.78 is 0. The first-order valence-electron chi connectivity index (χ1n) is 7.72. The van der Waals surface area contributed by atoms with Gasteiger partial charge < -0.3 is 10.7 Å². The fourth-order valence-electron chi connectivity index (χ4n) is 3.04. The Morgan fingerprint density at radius 2 is 2.15 bits per heavy atom. The van der Waals surface area contributed by atoms with E-state index in [2.05, 4.69) is 21.4 Å². The van der Waals surface area contributed by atoms with Crippen LogP contribution in [-0.4, -0.2) is 26.7 Å². The van der Waals surface area contributed by atoms with Crippen molar-refractivity contribution in [3.05, 3.63) is 75.4 Å². The van der Waals surface area contributed by atoms with Crippen molar-refractivity contribution in [1.82, 2.24) is 15.1 Å². The van der Waals surface area contributed by atoms with Crippen LogP contribution in [0.15, 0.2) is 64.4 Å². The number of hydrogen-bond donors (Lipinski definition) is 1. The molecule has 0 spiro atoms. The average Bonchev–Trinajstić information content (AvgIpc) is 3.29. The summed E-state index contributed by atoms with van der Waals surface area (Å²) in [6, 6.07) is 9.38. The van der Waals surface area contributed by atoms with Crippen LogP contribution in [0.1, 0.15) is 16.1 Å².